The standard InChI is InChI=1S/2C17H28N2O.C14H23N3O2.C14H23N3OS.C12H20N4O2.C12H20N4OS/c1-16(2)9-7-13(11-16)12-19-10-6-8-17(3,4)14(18-5)15(19)20;1-16(2)9-6-8-13(16)12-19-11-7-10-17(3,4)14(18-5)15(19)20;2*1-10-16-8-11(19-10)9-17-7-5-6-14(2,3)12(15-4)13(17)18;2*1-12(2)5-4-6-16(11(17)10(12)13-3)7-9-15-14-8-18-9/h7,9,11,14,18H,6,8,10,12H2,1-5H3;6,8-9,14,18H,7,10-12H2,1-5H3;2*8,12,15H,5-7,9H2,1-4H3;2*8,10,13H,4-7H2,1-3H3. The van der Waals surface area contributed by atoms with Crippen LogP contribution in [-0.2, 0) is 54.9 Å². The molecule has 28 heteroatoms. The molecule has 26 nitrogen and oxygen atoms in total. The van der Waals surface area contributed by atoms with E-state index in [-0.39, 0.29) is 115 Å². The molecule has 6 unspecified atom stereocenters. The van der Waals surface area contributed by atoms with Crippen LogP contribution in [0.15, 0.2) is 80.7 Å². The molecule has 6 saturated heterocycles. The number of likely N-dealkylation sites (N-methyl/N-ethyl adjacent to an activating group) is 6. The Morgan fingerprint density at radius 1 is 0.447 bits per heavy atom. The molecule has 114 heavy (non-hydrogen) atoms. The molecule has 0 radical (unpaired) electrons. The molecule has 12 rings (SSSR count). The maximum Gasteiger partial charge on any atom is 0.240 e. The number of hydrogen-bond acceptors (Lipinski definition) is 22. The fraction of sp³-hybridized carbons (Fsp3) is 0.721. The molecule has 10 heterocycles. The first kappa shape index (κ1) is 94.2. The first-order valence-electron chi connectivity index (χ1n) is 41.4. The van der Waals surface area contributed by atoms with E-state index in [2.05, 4.69) is 209 Å². The van der Waals surface area contributed by atoms with Crippen LogP contribution < -0.4 is 31.9 Å². The van der Waals surface area contributed by atoms with Crippen molar-refractivity contribution in [3.05, 3.63) is 104 Å². The number of carbonyl (C=O) groups is 6. The van der Waals surface area contributed by atoms with E-state index in [1.54, 1.807) is 27.9 Å². The first-order valence-corrected chi connectivity index (χ1v) is 43.1. The molecule has 6 amide bonds. The van der Waals surface area contributed by atoms with Crippen molar-refractivity contribution < 1.29 is 37.6 Å². The molecular formula is C86H142N18O8S2. The van der Waals surface area contributed by atoms with Crippen LogP contribution in [0.25, 0.3) is 0 Å². The molecule has 6 fully saturated rings. The number of nitrogens with one attached hydrogen (secondary N) is 6. The summed E-state index contributed by atoms with van der Waals surface area (Å²) < 4.78 is 10.6. The zero-order valence-electron chi connectivity index (χ0n) is 73.7. The van der Waals surface area contributed by atoms with Crippen molar-refractivity contribution in [3.63, 3.8) is 0 Å². The second-order valence-electron chi connectivity index (χ2n) is 37.4. The number of amides is 6. The Kier molecular flexibility index (Phi) is 33.9. The van der Waals surface area contributed by atoms with E-state index < -0.39 is 0 Å². The number of aryl methyl sites for hydroxylation is 2. The van der Waals surface area contributed by atoms with Crippen molar-refractivity contribution in [2.75, 3.05) is 94.6 Å². The Bertz CT molecular complexity index is 3720. The number of nitrogens with zero attached hydrogens (tertiary/aromatic N) is 12. The van der Waals surface area contributed by atoms with Gasteiger partial charge in [-0.25, -0.2) is 9.97 Å². The molecule has 6 atom stereocenters. The Morgan fingerprint density at radius 2 is 0.833 bits per heavy atom. The summed E-state index contributed by atoms with van der Waals surface area (Å²) in [5, 5.41) is 36.4. The van der Waals surface area contributed by atoms with Gasteiger partial charge in [0.05, 0.1) is 73.6 Å². The summed E-state index contributed by atoms with van der Waals surface area (Å²) in [6.45, 7) is 47.2. The summed E-state index contributed by atoms with van der Waals surface area (Å²) in [7, 11) is 11.2. The lowest BCUT2D eigenvalue weighted by Crippen LogP contribution is -2.51. The molecule has 0 spiro atoms. The van der Waals surface area contributed by atoms with E-state index in [0.29, 0.717) is 38.0 Å². The number of rotatable bonds is 18. The monoisotopic (exact) mass is 1620 g/mol. The van der Waals surface area contributed by atoms with Gasteiger partial charge < -0.3 is 70.1 Å². The largest absolute Gasteiger partial charge is 0.444 e. The third kappa shape index (κ3) is 25.5. The Hall–Kier alpha value is -6.92. The van der Waals surface area contributed by atoms with Crippen LogP contribution in [0.3, 0.4) is 0 Å². The molecule has 8 aliphatic rings. The minimum absolute atomic E-state index is 0.00170. The summed E-state index contributed by atoms with van der Waals surface area (Å²) in [5.41, 5.74) is 4.54. The molecule has 4 aromatic heterocycles. The number of thiazole rings is 1. The first-order chi connectivity index (χ1) is 53.5. The SMILES string of the molecule is CNC1C(=O)N(CC2=CC(C)(C)C=C2)CCCC1(C)C.CNC1C(=O)N(CC2=CC=CC2(C)C)CCCC1(C)C.CNC1C(=O)N(Cc2cnc(C)o2)CCCC1(C)C.CNC1C(=O)N(Cc2cnc(C)s2)CCCC1(C)C.CNC1C(=O)N(Cc2nnco2)CCCC1(C)C.CNC1C(=O)N(Cc2nncs2)CCCC1(C)C. The average molecular weight is 1620 g/mol. The quantitative estimate of drug-likeness (QED) is 0.0539. The van der Waals surface area contributed by atoms with Gasteiger partial charge >= 0.3 is 0 Å². The molecule has 4 aromatic rings. The Labute approximate surface area is 690 Å². The molecule has 0 bridgehead atoms. The van der Waals surface area contributed by atoms with Crippen LogP contribution in [0.1, 0.15) is 220 Å². The molecule has 0 saturated carbocycles. The smallest absolute Gasteiger partial charge is 0.240 e. The molecule has 2 aliphatic carbocycles. The molecule has 6 aliphatic heterocycles. The Morgan fingerprint density at radius 3 is 1.15 bits per heavy atom. The Balaban J connectivity index is 0.000000190. The summed E-state index contributed by atoms with van der Waals surface area (Å²) in [6, 6.07) is -0.675. The van der Waals surface area contributed by atoms with Crippen LogP contribution in [0, 0.1) is 57.2 Å². The number of allylic oxidation sites excluding steroid dienone is 5. The van der Waals surface area contributed by atoms with Crippen molar-refractivity contribution in [1.82, 2.24) is 91.7 Å². The van der Waals surface area contributed by atoms with Crippen LogP contribution in [-0.4, -0.2) is 226 Å². The van der Waals surface area contributed by atoms with Crippen molar-refractivity contribution in [3.8, 4) is 0 Å². The molecule has 0 aromatic carbocycles. The van der Waals surface area contributed by atoms with Gasteiger partial charge in [0.25, 0.3) is 0 Å². The van der Waals surface area contributed by atoms with E-state index in [4.69, 9.17) is 8.83 Å². The third-order valence-electron chi connectivity index (χ3n) is 24.4. The summed E-state index contributed by atoms with van der Waals surface area (Å²) in [6.07, 6.45) is 30.6. The lowest BCUT2D eigenvalue weighted by Gasteiger charge is -2.34. The molecular weight excluding hydrogens is 1480 g/mol. The van der Waals surface area contributed by atoms with E-state index in [0.717, 1.165) is 145 Å². The van der Waals surface area contributed by atoms with Crippen molar-refractivity contribution >= 4 is 58.1 Å². The highest BCUT2D eigenvalue weighted by atomic mass is 32.1. The van der Waals surface area contributed by atoms with Crippen LogP contribution in [0.5, 0.6) is 0 Å². The lowest BCUT2D eigenvalue weighted by atomic mass is 9.80. The van der Waals surface area contributed by atoms with E-state index in [9.17, 15) is 28.8 Å². The predicted octanol–water partition coefficient (Wildman–Crippen LogP) is 11.5. The van der Waals surface area contributed by atoms with E-state index in [1.807, 2.05) is 86.8 Å². The normalized spacial score (nSPS) is 25.4. The van der Waals surface area contributed by atoms with Gasteiger partial charge in [0.15, 0.2) is 5.89 Å². The zero-order valence-corrected chi connectivity index (χ0v) is 75.3. The molecule has 636 valence electrons. The van der Waals surface area contributed by atoms with Gasteiger partial charge in [-0.1, -0.05) is 147 Å². The number of hydrogen-bond donors (Lipinski definition) is 6. The summed E-state index contributed by atoms with van der Waals surface area (Å²) >= 11 is 3.17. The highest BCUT2D eigenvalue weighted by Crippen LogP contribution is 2.40. The zero-order chi connectivity index (χ0) is 84.4. The fourth-order valence-electron chi connectivity index (χ4n) is 17.6. The van der Waals surface area contributed by atoms with Gasteiger partial charge in [0.2, 0.25) is 47.7 Å². The highest BCUT2D eigenvalue weighted by molar-refractivity contribution is 7.11. The van der Waals surface area contributed by atoms with Crippen molar-refractivity contribution in [2.24, 2.45) is 43.3 Å². The van der Waals surface area contributed by atoms with Crippen LogP contribution in [0.4, 0.5) is 0 Å². The molecule has 6 N–H and O–H groups in total. The number of aromatic nitrogens is 6. The van der Waals surface area contributed by atoms with E-state index >= 15 is 0 Å². The predicted molar refractivity (Wildman–Crippen MR) is 454 cm³/mol. The van der Waals surface area contributed by atoms with Gasteiger partial charge in [-0.2, -0.15) is 0 Å². The maximum absolute atomic E-state index is 12.8. The minimum Gasteiger partial charge on any atom is -0.444 e. The average Bonchev–Trinajstić information content (AvgIpc) is 1.67. The summed E-state index contributed by atoms with van der Waals surface area (Å²) in [4.78, 5) is 97.0. The van der Waals surface area contributed by atoms with Gasteiger partial charge in [0.1, 0.15) is 16.3 Å². The van der Waals surface area contributed by atoms with Crippen LogP contribution in [0.2, 0.25) is 0 Å². The van der Waals surface area contributed by atoms with Crippen LogP contribution >= 0.6 is 22.7 Å². The van der Waals surface area contributed by atoms with Crippen molar-refractivity contribution in [2.45, 2.75) is 264 Å². The fourth-order valence-corrected chi connectivity index (χ4v) is 19.0. The van der Waals surface area contributed by atoms with Gasteiger partial charge in [0, 0.05) is 81.2 Å². The van der Waals surface area contributed by atoms with Gasteiger partial charge in [-0.3, -0.25) is 28.8 Å². The minimum atomic E-state index is -0.164. The second-order valence-corrected chi connectivity index (χ2v) is 39.7. The number of carbonyl (C=O) groups excluding carboxylic acids is 6. The van der Waals surface area contributed by atoms with Gasteiger partial charge in [-0.05, 0) is 170 Å². The second kappa shape index (κ2) is 41.0. The third-order valence-corrected chi connectivity index (χ3v) is 26.0. The number of likely N-dealkylation sites (tertiary alicyclic amines) is 6. The number of oxazole rings is 1. The van der Waals surface area contributed by atoms with E-state index in [1.165, 1.54) is 33.8 Å². The lowest BCUT2D eigenvalue weighted by molar-refractivity contribution is -0.136. The van der Waals surface area contributed by atoms with Gasteiger partial charge in [-0.15, -0.1) is 43.1 Å². The van der Waals surface area contributed by atoms with Crippen molar-refractivity contribution in [1.29, 1.82) is 0 Å². The maximum atomic E-state index is 12.8. The highest BCUT2D eigenvalue weighted by Gasteiger charge is 2.45. The summed E-state index contributed by atoms with van der Waals surface area (Å²) in [5.74, 6) is 3.03. The topological polar surface area (TPSA) is 298 Å².